The second-order valence-electron chi connectivity index (χ2n) is 2.89. The van der Waals surface area contributed by atoms with Gasteiger partial charge in [0.05, 0.1) is 0 Å². The van der Waals surface area contributed by atoms with Gasteiger partial charge in [-0.15, -0.1) is 0 Å². The molecule has 1 aromatic carbocycles. The van der Waals surface area contributed by atoms with Crippen LogP contribution in [0.2, 0.25) is 0 Å². The zero-order valence-corrected chi connectivity index (χ0v) is 7.09. The van der Waals surface area contributed by atoms with Crippen molar-refractivity contribution in [1.82, 2.24) is 0 Å². The smallest absolute Gasteiger partial charge is 0.0471 e. The molecule has 0 radical (unpaired) electrons. The first-order valence-corrected chi connectivity index (χ1v) is 3.91. The second kappa shape index (κ2) is 3.54. The predicted molar refractivity (Wildman–Crippen MR) is 46.7 cm³/mol. The Bertz CT molecular complexity index is 241. The van der Waals surface area contributed by atoms with Gasteiger partial charge in [0.2, 0.25) is 0 Å². The van der Waals surface area contributed by atoms with Gasteiger partial charge in [0.15, 0.2) is 0 Å². The van der Waals surface area contributed by atoms with Crippen LogP contribution >= 0.6 is 0 Å². The molecule has 0 saturated carbocycles. The lowest BCUT2D eigenvalue weighted by Gasteiger charge is -2.02. The SMILES string of the molecule is Cc1ccc(CCO)cc1C. The predicted octanol–water partition coefficient (Wildman–Crippen LogP) is 1.84. The van der Waals surface area contributed by atoms with Gasteiger partial charge in [-0.05, 0) is 37.0 Å². The Morgan fingerprint density at radius 1 is 1.18 bits per heavy atom. The summed E-state index contributed by atoms with van der Waals surface area (Å²) in [6.07, 6.45) is 0.765. The third-order valence-corrected chi connectivity index (χ3v) is 1.97. The van der Waals surface area contributed by atoms with Crippen molar-refractivity contribution in [2.75, 3.05) is 6.61 Å². The monoisotopic (exact) mass is 150 g/mol. The van der Waals surface area contributed by atoms with Crippen molar-refractivity contribution in [3.63, 3.8) is 0 Å². The van der Waals surface area contributed by atoms with Gasteiger partial charge in [-0.1, -0.05) is 18.2 Å². The third kappa shape index (κ3) is 2.05. The quantitative estimate of drug-likeness (QED) is 0.682. The lowest BCUT2D eigenvalue weighted by molar-refractivity contribution is 0.299. The molecular formula is C10H14O. The summed E-state index contributed by atoms with van der Waals surface area (Å²) in [6, 6.07) is 6.30. The summed E-state index contributed by atoms with van der Waals surface area (Å²) in [4.78, 5) is 0. The van der Waals surface area contributed by atoms with Gasteiger partial charge in [-0.25, -0.2) is 0 Å². The van der Waals surface area contributed by atoms with Crippen molar-refractivity contribution in [3.8, 4) is 0 Å². The number of aryl methyl sites for hydroxylation is 2. The van der Waals surface area contributed by atoms with E-state index in [1.54, 1.807) is 0 Å². The lowest BCUT2D eigenvalue weighted by atomic mass is 10.0. The van der Waals surface area contributed by atoms with Gasteiger partial charge in [-0.3, -0.25) is 0 Å². The normalized spacial score (nSPS) is 10.1. The van der Waals surface area contributed by atoms with Crippen molar-refractivity contribution in [2.24, 2.45) is 0 Å². The van der Waals surface area contributed by atoms with E-state index in [1.165, 1.54) is 16.7 Å². The molecule has 0 heterocycles. The van der Waals surface area contributed by atoms with Crippen molar-refractivity contribution in [1.29, 1.82) is 0 Å². The van der Waals surface area contributed by atoms with Crippen LogP contribution in [0.1, 0.15) is 16.7 Å². The number of rotatable bonds is 2. The minimum Gasteiger partial charge on any atom is -0.396 e. The molecule has 11 heavy (non-hydrogen) atoms. The van der Waals surface area contributed by atoms with Crippen LogP contribution in [0.25, 0.3) is 0 Å². The summed E-state index contributed by atoms with van der Waals surface area (Å²) in [7, 11) is 0. The molecule has 0 atom stereocenters. The summed E-state index contributed by atoms with van der Waals surface area (Å²) >= 11 is 0. The Balaban J connectivity index is 2.86. The minimum absolute atomic E-state index is 0.239. The van der Waals surface area contributed by atoms with Gasteiger partial charge in [0.1, 0.15) is 0 Å². The van der Waals surface area contributed by atoms with Crippen molar-refractivity contribution in [2.45, 2.75) is 20.3 Å². The first kappa shape index (κ1) is 8.28. The highest BCUT2D eigenvalue weighted by Crippen LogP contribution is 2.09. The molecule has 0 aliphatic heterocycles. The van der Waals surface area contributed by atoms with Crippen LogP contribution in [0.5, 0.6) is 0 Å². The van der Waals surface area contributed by atoms with Crippen LogP contribution in [0, 0.1) is 13.8 Å². The van der Waals surface area contributed by atoms with Crippen molar-refractivity contribution < 1.29 is 5.11 Å². The van der Waals surface area contributed by atoms with E-state index in [9.17, 15) is 0 Å². The van der Waals surface area contributed by atoms with Crippen molar-refractivity contribution >= 4 is 0 Å². The van der Waals surface area contributed by atoms with E-state index < -0.39 is 0 Å². The fourth-order valence-corrected chi connectivity index (χ4v) is 1.09. The number of aliphatic hydroxyl groups is 1. The average Bonchev–Trinajstić information content (AvgIpc) is 1.98. The molecule has 0 amide bonds. The van der Waals surface area contributed by atoms with Crippen LogP contribution in [-0.2, 0) is 6.42 Å². The molecule has 1 heteroatoms. The van der Waals surface area contributed by atoms with Crippen LogP contribution in [-0.4, -0.2) is 11.7 Å². The minimum atomic E-state index is 0.239. The summed E-state index contributed by atoms with van der Waals surface area (Å²) in [5.74, 6) is 0. The molecule has 60 valence electrons. The fourth-order valence-electron chi connectivity index (χ4n) is 1.09. The Morgan fingerprint density at radius 2 is 1.91 bits per heavy atom. The summed E-state index contributed by atoms with van der Waals surface area (Å²) < 4.78 is 0. The van der Waals surface area contributed by atoms with E-state index >= 15 is 0 Å². The van der Waals surface area contributed by atoms with Gasteiger partial charge in [0, 0.05) is 6.61 Å². The Kier molecular flexibility index (Phi) is 2.66. The molecule has 0 aliphatic rings. The maximum absolute atomic E-state index is 8.68. The van der Waals surface area contributed by atoms with Crippen molar-refractivity contribution in [3.05, 3.63) is 34.9 Å². The molecule has 1 nitrogen and oxygen atoms in total. The largest absolute Gasteiger partial charge is 0.396 e. The maximum Gasteiger partial charge on any atom is 0.0471 e. The van der Waals surface area contributed by atoms with E-state index in [4.69, 9.17) is 5.11 Å². The Morgan fingerprint density at radius 3 is 2.45 bits per heavy atom. The van der Waals surface area contributed by atoms with E-state index in [-0.39, 0.29) is 6.61 Å². The summed E-state index contributed by atoms with van der Waals surface area (Å²) in [5, 5.41) is 8.68. The average molecular weight is 150 g/mol. The molecule has 0 aromatic heterocycles. The highest BCUT2D eigenvalue weighted by atomic mass is 16.2. The molecule has 0 aliphatic carbocycles. The zero-order valence-electron chi connectivity index (χ0n) is 7.09. The number of aliphatic hydroxyl groups excluding tert-OH is 1. The molecular weight excluding hydrogens is 136 g/mol. The van der Waals surface area contributed by atoms with Crippen LogP contribution in [0.3, 0.4) is 0 Å². The molecule has 0 spiro atoms. The maximum atomic E-state index is 8.68. The van der Waals surface area contributed by atoms with Crippen LogP contribution in [0.15, 0.2) is 18.2 Å². The molecule has 0 bridgehead atoms. The van der Waals surface area contributed by atoms with E-state index in [0.717, 1.165) is 6.42 Å². The van der Waals surface area contributed by atoms with Gasteiger partial charge in [-0.2, -0.15) is 0 Å². The van der Waals surface area contributed by atoms with E-state index in [2.05, 4.69) is 32.0 Å². The second-order valence-corrected chi connectivity index (χ2v) is 2.89. The van der Waals surface area contributed by atoms with Gasteiger partial charge >= 0.3 is 0 Å². The van der Waals surface area contributed by atoms with Crippen LogP contribution in [0.4, 0.5) is 0 Å². The highest BCUT2D eigenvalue weighted by Gasteiger charge is 1.94. The van der Waals surface area contributed by atoms with E-state index in [0.29, 0.717) is 0 Å². The Hall–Kier alpha value is -0.820. The zero-order chi connectivity index (χ0) is 8.27. The van der Waals surface area contributed by atoms with E-state index in [1.807, 2.05) is 0 Å². The number of hydrogen-bond acceptors (Lipinski definition) is 1. The molecule has 0 fully saturated rings. The molecule has 1 N–H and O–H groups in total. The van der Waals surface area contributed by atoms with Gasteiger partial charge in [0.25, 0.3) is 0 Å². The molecule has 0 unspecified atom stereocenters. The standard InChI is InChI=1S/C10H14O/c1-8-3-4-10(5-6-11)7-9(8)2/h3-4,7,11H,5-6H2,1-2H3. The van der Waals surface area contributed by atoms with Crippen LogP contribution < -0.4 is 0 Å². The molecule has 1 rings (SSSR count). The first-order chi connectivity index (χ1) is 5.24. The fraction of sp³-hybridized carbons (Fsp3) is 0.400. The number of benzene rings is 1. The van der Waals surface area contributed by atoms with Gasteiger partial charge < -0.3 is 5.11 Å². The molecule has 0 saturated heterocycles. The number of hydrogen-bond donors (Lipinski definition) is 1. The first-order valence-electron chi connectivity index (χ1n) is 3.91. The Labute approximate surface area is 67.7 Å². The topological polar surface area (TPSA) is 20.2 Å². The third-order valence-electron chi connectivity index (χ3n) is 1.97. The summed E-state index contributed by atoms with van der Waals surface area (Å²) in [5.41, 5.74) is 3.83. The molecule has 1 aromatic rings. The lowest BCUT2D eigenvalue weighted by Crippen LogP contribution is -1.91. The highest BCUT2D eigenvalue weighted by molar-refractivity contribution is 5.29. The summed E-state index contributed by atoms with van der Waals surface area (Å²) in [6.45, 7) is 4.43.